The van der Waals surface area contributed by atoms with E-state index in [1.54, 1.807) is 54.6 Å². The van der Waals surface area contributed by atoms with E-state index >= 15 is 0 Å². The SMILES string of the molecule is CCCCNC(=O)C(Cc1ccccc1)N(Cc1ccc(Cl)c(Cl)c1)C(=O)CN(c1cccc(Cl)c1)S(=O)(=O)c1ccccc1. The van der Waals surface area contributed by atoms with Gasteiger partial charge < -0.3 is 10.2 Å². The number of nitrogens with one attached hydrogen (secondary N) is 1. The van der Waals surface area contributed by atoms with Crippen molar-refractivity contribution in [3.63, 3.8) is 0 Å². The minimum atomic E-state index is -4.22. The molecule has 2 amide bonds. The zero-order valence-electron chi connectivity index (χ0n) is 24.7. The molecule has 4 aromatic rings. The third-order valence-electron chi connectivity index (χ3n) is 7.14. The van der Waals surface area contributed by atoms with Crippen molar-refractivity contribution < 1.29 is 18.0 Å². The van der Waals surface area contributed by atoms with Crippen molar-refractivity contribution >= 4 is 62.3 Å². The Kier molecular flexibility index (Phi) is 12.3. The Bertz CT molecular complexity index is 1710. The van der Waals surface area contributed by atoms with Crippen molar-refractivity contribution in [2.24, 2.45) is 0 Å². The Labute approximate surface area is 279 Å². The Morgan fingerprint density at radius 2 is 1.49 bits per heavy atom. The molecule has 0 heterocycles. The molecule has 45 heavy (non-hydrogen) atoms. The van der Waals surface area contributed by atoms with Gasteiger partial charge in [0.25, 0.3) is 10.0 Å². The fraction of sp³-hybridized carbons (Fsp3) is 0.235. The molecule has 4 aromatic carbocycles. The van der Waals surface area contributed by atoms with Gasteiger partial charge in [0, 0.05) is 24.5 Å². The Hall–Kier alpha value is -3.56. The highest BCUT2D eigenvalue weighted by Crippen LogP contribution is 2.28. The average Bonchev–Trinajstić information content (AvgIpc) is 3.04. The number of amides is 2. The molecule has 0 aliphatic carbocycles. The molecule has 0 saturated heterocycles. The first kappa shape index (κ1) is 34.3. The van der Waals surface area contributed by atoms with Crippen molar-refractivity contribution in [3.8, 4) is 0 Å². The zero-order chi connectivity index (χ0) is 32.4. The third-order valence-corrected chi connectivity index (χ3v) is 9.91. The maximum Gasteiger partial charge on any atom is 0.264 e. The van der Waals surface area contributed by atoms with Crippen LogP contribution in [-0.2, 0) is 32.6 Å². The molecule has 0 aliphatic rings. The number of nitrogens with zero attached hydrogens (tertiary/aromatic N) is 2. The van der Waals surface area contributed by atoms with Crippen LogP contribution in [0.25, 0.3) is 0 Å². The van der Waals surface area contributed by atoms with Crippen LogP contribution < -0.4 is 9.62 Å². The van der Waals surface area contributed by atoms with E-state index in [1.807, 2.05) is 37.3 Å². The predicted octanol–water partition coefficient (Wildman–Crippen LogP) is 7.40. The number of benzene rings is 4. The number of unbranched alkanes of at least 4 members (excludes halogenated alkanes) is 1. The minimum Gasteiger partial charge on any atom is -0.354 e. The summed E-state index contributed by atoms with van der Waals surface area (Å²) in [5.41, 5.74) is 1.67. The van der Waals surface area contributed by atoms with Crippen molar-refractivity contribution in [2.45, 2.75) is 43.7 Å². The van der Waals surface area contributed by atoms with Gasteiger partial charge in [0.2, 0.25) is 11.8 Å². The predicted molar refractivity (Wildman–Crippen MR) is 181 cm³/mol. The summed E-state index contributed by atoms with van der Waals surface area (Å²) in [5.74, 6) is -0.937. The molecule has 0 aromatic heterocycles. The summed E-state index contributed by atoms with van der Waals surface area (Å²) in [7, 11) is -4.22. The maximum absolute atomic E-state index is 14.5. The fourth-order valence-corrected chi connectivity index (χ4v) is 6.71. The number of carbonyl (C=O) groups is 2. The lowest BCUT2D eigenvalue weighted by molar-refractivity contribution is -0.140. The zero-order valence-corrected chi connectivity index (χ0v) is 27.8. The van der Waals surface area contributed by atoms with Crippen LogP contribution in [0, 0.1) is 0 Å². The average molecular weight is 687 g/mol. The first-order valence-electron chi connectivity index (χ1n) is 14.5. The molecule has 0 aliphatic heterocycles. The lowest BCUT2D eigenvalue weighted by Crippen LogP contribution is -2.53. The summed E-state index contributed by atoms with van der Waals surface area (Å²) in [6, 6.07) is 27.5. The Morgan fingerprint density at radius 1 is 0.800 bits per heavy atom. The minimum absolute atomic E-state index is 0.00644. The molecule has 7 nitrogen and oxygen atoms in total. The smallest absolute Gasteiger partial charge is 0.264 e. The normalized spacial score (nSPS) is 11.9. The second kappa shape index (κ2) is 16.1. The number of hydrogen-bond acceptors (Lipinski definition) is 4. The molecule has 11 heteroatoms. The molecular formula is C34H34Cl3N3O4S. The van der Waals surface area contributed by atoms with E-state index < -0.39 is 28.5 Å². The summed E-state index contributed by atoms with van der Waals surface area (Å²) >= 11 is 18.8. The van der Waals surface area contributed by atoms with Gasteiger partial charge in [-0.15, -0.1) is 0 Å². The highest BCUT2D eigenvalue weighted by atomic mass is 35.5. The van der Waals surface area contributed by atoms with Gasteiger partial charge >= 0.3 is 0 Å². The van der Waals surface area contributed by atoms with Crippen molar-refractivity contribution in [1.29, 1.82) is 0 Å². The van der Waals surface area contributed by atoms with Crippen LogP contribution in [0.3, 0.4) is 0 Å². The van der Waals surface area contributed by atoms with Crippen LogP contribution in [0.15, 0.2) is 108 Å². The van der Waals surface area contributed by atoms with E-state index in [4.69, 9.17) is 34.8 Å². The monoisotopic (exact) mass is 685 g/mol. The van der Waals surface area contributed by atoms with Gasteiger partial charge in [-0.1, -0.05) is 109 Å². The molecule has 0 saturated carbocycles. The molecule has 4 rings (SSSR count). The maximum atomic E-state index is 14.5. The second-order valence-electron chi connectivity index (χ2n) is 10.4. The molecule has 236 valence electrons. The van der Waals surface area contributed by atoms with Crippen molar-refractivity contribution in [2.75, 3.05) is 17.4 Å². The van der Waals surface area contributed by atoms with E-state index in [9.17, 15) is 18.0 Å². The number of rotatable bonds is 14. The summed E-state index contributed by atoms with van der Waals surface area (Å²) in [6.07, 6.45) is 1.85. The number of hydrogen-bond donors (Lipinski definition) is 1. The molecule has 0 bridgehead atoms. The Morgan fingerprint density at radius 3 is 2.13 bits per heavy atom. The third kappa shape index (κ3) is 9.23. The second-order valence-corrected chi connectivity index (χ2v) is 13.5. The van der Waals surface area contributed by atoms with Crippen molar-refractivity contribution in [1.82, 2.24) is 10.2 Å². The van der Waals surface area contributed by atoms with Gasteiger partial charge in [-0.3, -0.25) is 13.9 Å². The first-order valence-corrected chi connectivity index (χ1v) is 17.1. The molecular weight excluding hydrogens is 653 g/mol. The molecule has 0 spiro atoms. The highest BCUT2D eigenvalue weighted by Gasteiger charge is 2.34. The van der Waals surface area contributed by atoms with E-state index in [0.29, 0.717) is 27.2 Å². The van der Waals surface area contributed by atoms with Gasteiger partial charge in [-0.05, 0) is 60.0 Å². The van der Waals surface area contributed by atoms with Crippen LogP contribution in [0.1, 0.15) is 30.9 Å². The van der Waals surface area contributed by atoms with Gasteiger partial charge in [0.05, 0.1) is 20.6 Å². The largest absolute Gasteiger partial charge is 0.354 e. The number of anilines is 1. The van der Waals surface area contributed by atoms with E-state index in [-0.39, 0.29) is 29.5 Å². The molecule has 0 radical (unpaired) electrons. The Balaban J connectivity index is 1.80. The van der Waals surface area contributed by atoms with E-state index in [2.05, 4.69) is 5.32 Å². The summed E-state index contributed by atoms with van der Waals surface area (Å²) in [6.45, 7) is 1.84. The van der Waals surface area contributed by atoms with Crippen LogP contribution >= 0.6 is 34.8 Å². The van der Waals surface area contributed by atoms with Gasteiger partial charge in [-0.25, -0.2) is 8.42 Å². The van der Waals surface area contributed by atoms with E-state index in [1.165, 1.54) is 23.1 Å². The molecule has 1 unspecified atom stereocenters. The summed E-state index contributed by atoms with van der Waals surface area (Å²) < 4.78 is 29.0. The molecule has 1 atom stereocenters. The topological polar surface area (TPSA) is 86.8 Å². The number of sulfonamides is 1. The standard InChI is InChI=1S/C34H34Cl3N3O4S/c1-2-3-19-38-34(42)32(21-25-11-6-4-7-12-25)39(23-26-17-18-30(36)31(37)20-26)33(41)24-40(28-14-10-13-27(35)22-28)45(43,44)29-15-8-5-9-16-29/h4-18,20,22,32H,2-3,19,21,23-24H2,1H3,(H,38,42). The lowest BCUT2D eigenvalue weighted by atomic mass is 10.0. The first-order chi connectivity index (χ1) is 21.6. The van der Waals surface area contributed by atoms with Gasteiger partial charge in [0.1, 0.15) is 12.6 Å². The number of halogens is 3. The quantitative estimate of drug-likeness (QED) is 0.140. The van der Waals surface area contributed by atoms with Crippen LogP contribution in [0.2, 0.25) is 15.1 Å². The van der Waals surface area contributed by atoms with Crippen LogP contribution in [0.5, 0.6) is 0 Å². The summed E-state index contributed by atoms with van der Waals surface area (Å²) in [5, 5.41) is 3.91. The van der Waals surface area contributed by atoms with Gasteiger partial charge in [-0.2, -0.15) is 0 Å². The molecule has 1 N–H and O–H groups in total. The lowest BCUT2D eigenvalue weighted by Gasteiger charge is -2.34. The van der Waals surface area contributed by atoms with Crippen molar-refractivity contribution in [3.05, 3.63) is 129 Å². The summed E-state index contributed by atoms with van der Waals surface area (Å²) in [4.78, 5) is 29.7. The van der Waals surface area contributed by atoms with E-state index in [0.717, 1.165) is 22.7 Å². The fourth-order valence-electron chi connectivity index (χ4n) is 4.77. The molecule has 0 fully saturated rings. The number of carbonyl (C=O) groups excluding carboxylic acids is 2. The highest BCUT2D eigenvalue weighted by molar-refractivity contribution is 7.92. The van der Waals surface area contributed by atoms with Crippen LogP contribution in [-0.4, -0.2) is 44.3 Å². The van der Waals surface area contributed by atoms with Crippen LogP contribution in [0.4, 0.5) is 5.69 Å². The van der Waals surface area contributed by atoms with Gasteiger partial charge in [0.15, 0.2) is 0 Å².